The summed E-state index contributed by atoms with van der Waals surface area (Å²) in [5.74, 6) is -0.752. The van der Waals surface area contributed by atoms with Crippen molar-refractivity contribution in [2.24, 2.45) is 52.3 Å². The maximum absolute atomic E-state index is 12.5. The molecular formula is C30H50NO8S-. The van der Waals surface area contributed by atoms with E-state index in [1.807, 2.05) is 13.0 Å². The number of nitrogens with one attached hydrogen (secondary N) is 1. The lowest BCUT2D eigenvalue weighted by Crippen LogP contribution is -2.69. The molecule has 230 valence electrons. The third kappa shape index (κ3) is 5.53. The van der Waals surface area contributed by atoms with E-state index in [1.54, 1.807) is 6.92 Å². The molecule has 10 heteroatoms. The summed E-state index contributed by atoms with van der Waals surface area (Å²) in [6.07, 6.45) is 6.58. The van der Waals surface area contributed by atoms with Gasteiger partial charge >= 0.3 is 0 Å². The van der Waals surface area contributed by atoms with E-state index in [0.717, 1.165) is 12.8 Å². The minimum atomic E-state index is -4.38. The van der Waals surface area contributed by atoms with Crippen LogP contribution in [0.3, 0.4) is 0 Å². The number of carbonyl (C=O) groups excluding carboxylic acids is 1. The van der Waals surface area contributed by atoms with Gasteiger partial charge in [-0.15, -0.1) is 0 Å². The number of hydrogen-bond donors (Lipinski definition) is 5. The first-order valence-electron chi connectivity index (χ1n) is 15.1. The second-order valence-electron chi connectivity index (χ2n) is 14.2. The van der Waals surface area contributed by atoms with Gasteiger partial charge in [0.25, 0.3) is 0 Å². The smallest absolute Gasteiger partial charge is 0.223 e. The Labute approximate surface area is 239 Å². The zero-order chi connectivity index (χ0) is 29.8. The number of rotatable bonds is 8. The van der Waals surface area contributed by atoms with E-state index < -0.39 is 51.1 Å². The zero-order valence-corrected chi connectivity index (χ0v) is 25.4. The molecule has 0 radical (unpaired) electrons. The zero-order valence-electron chi connectivity index (χ0n) is 24.6. The average Bonchev–Trinajstić information content (AvgIpc) is 3.13. The van der Waals surface area contributed by atoms with Crippen LogP contribution in [0, 0.1) is 52.3 Å². The lowest BCUT2D eigenvalue weighted by molar-refractivity contribution is -0.268. The third-order valence-electron chi connectivity index (χ3n) is 12.1. The minimum absolute atomic E-state index is 0.0226. The highest BCUT2D eigenvalue weighted by Gasteiger charge is 2.68. The van der Waals surface area contributed by atoms with E-state index in [4.69, 9.17) is 0 Å². The summed E-state index contributed by atoms with van der Waals surface area (Å²) in [5, 5.41) is 47.3. The van der Waals surface area contributed by atoms with E-state index in [1.165, 1.54) is 0 Å². The third-order valence-corrected chi connectivity index (χ3v) is 12.8. The molecule has 0 heterocycles. The van der Waals surface area contributed by atoms with E-state index >= 15 is 0 Å². The van der Waals surface area contributed by atoms with Crippen molar-refractivity contribution in [2.75, 3.05) is 12.3 Å². The van der Waals surface area contributed by atoms with Gasteiger partial charge in [0.05, 0.1) is 39.8 Å². The Morgan fingerprint density at radius 2 is 1.75 bits per heavy atom. The van der Waals surface area contributed by atoms with Gasteiger partial charge in [0.2, 0.25) is 5.91 Å². The fourth-order valence-corrected chi connectivity index (χ4v) is 9.89. The second kappa shape index (κ2) is 11.2. The number of fused-ring (bicyclic) bond motifs is 5. The normalized spacial score (nSPS) is 45.7. The number of hydrogen-bond acceptors (Lipinski definition) is 8. The van der Waals surface area contributed by atoms with Crippen LogP contribution in [0.1, 0.15) is 79.6 Å². The monoisotopic (exact) mass is 584 g/mol. The van der Waals surface area contributed by atoms with E-state index in [0.29, 0.717) is 25.7 Å². The quantitative estimate of drug-likeness (QED) is 0.214. The molecule has 9 nitrogen and oxygen atoms in total. The molecule has 1 amide bonds. The highest BCUT2D eigenvalue weighted by Crippen LogP contribution is 2.69. The van der Waals surface area contributed by atoms with E-state index in [-0.39, 0.29) is 59.8 Å². The largest absolute Gasteiger partial charge is 0.748 e. The molecule has 4 rings (SSSR count). The molecule has 0 aromatic rings. The molecule has 0 spiro atoms. The van der Waals surface area contributed by atoms with Crippen molar-refractivity contribution in [1.82, 2.24) is 5.32 Å². The topological polar surface area (TPSA) is 167 Å². The van der Waals surface area contributed by atoms with Gasteiger partial charge in [-0.05, 0) is 79.4 Å². The van der Waals surface area contributed by atoms with Gasteiger partial charge in [0, 0.05) is 24.3 Å². The summed E-state index contributed by atoms with van der Waals surface area (Å²) in [6.45, 7) is 10.0. The Bertz CT molecular complexity index is 1080. The molecular weight excluding hydrogens is 534 g/mol. The fraction of sp³-hybridized carbons (Fsp3) is 0.900. The predicted octanol–water partition coefficient (Wildman–Crippen LogP) is 2.19. The van der Waals surface area contributed by atoms with Crippen LogP contribution in [0.4, 0.5) is 0 Å². The number of amides is 1. The molecule has 4 fully saturated rings. The van der Waals surface area contributed by atoms with Gasteiger partial charge in [0.1, 0.15) is 0 Å². The molecule has 4 aliphatic rings. The van der Waals surface area contributed by atoms with Crippen LogP contribution in [0.5, 0.6) is 0 Å². The van der Waals surface area contributed by atoms with Crippen molar-refractivity contribution >= 4 is 16.0 Å². The van der Waals surface area contributed by atoms with Crippen LogP contribution in [0.25, 0.3) is 0 Å². The molecule has 40 heavy (non-hydrogen) atoms. The summed E-state index contributed by atoms with van der Waals surface area (Å²) >= 11 is 0. The van der Waals surface area contributed by atoms with E-state index in [9.17, 15) is 38.2 Å². The van der Waals surface area contributed by atoms with Crippen LogP contribution in [0.15, 0.2) is 12.2 Å². The predicted molar refractivity (Wildman–Crippen MR) is 150 cm³/mol. The molecule has 5 N–H and O–H groups in total. The second-order valence-corrected chi connectivity index (χ2v) is 15.7. The first-order chi connectivity index (χ1) is 18.4. The molecule has 0 aromatic heterocycles. The molecule has 0 aromatic carbocycles. The molecule has 0 bridgehead atoms. The fourth-order valence-electron chi connectivity index (χ4n) is 9.54. The Balaban J connectivity index is 1.45. The Morgan fingerprint density at radius 1 is 1.07 bits per heavy atom. The number of aliphatic hydroxyl groups is 4. The summed E-state index contributed by atoms with van der Waals surface area (Å²) in [5.41, 5.74) is -1.93. The van der Waals surface area contributed by atoms with E-state index in [2.05, 4.69) is 32.2 Å². The standard InChI is InChI=1S/C30H51NO8S/c1-17(19(3)27(35)31-12-13-40(37,38)39)6-7-18(2)23-15-24(33)26-21-14-25(34)30(36)16-20(32)8-11-29(30,5)22(21)9-10-28(23,26)4/h6-7,17-26,32-34,36H,8-16H2,1-5H3,(H,31,35)(H,37,38,39)/p-1/b7-6+/t17-,18-,19+,20+,21-,22+,23-,24+,25-,26-,28-,29-,30+/m1/s1. The maximum Gasteiger partial charge on any atom is 0.223 e. The van der Waals surface area contributed by atoms with Crippen LogP contribution in [-0.4, -0.2) is 75.5 Å². The van der Waals surface area contributed by atoms with Crippen molar-refractivity contribution < 1.29 is 38.2 Å². The lowest BCUT2D eigenvalue weighted by Gasteiger charge is -2.65. The summed E-state index contributed by atoms with van der Waals surface area (Å²) in [4.78, 5) is 12.5. The van der Waals surface area contributed by atoms with Crippen molar-refractivity contribution in [3.63, 3.8) is 0 Å². The molecule has 0 aliphatic heterocycles. The summed E-state index contributed by atoms with van der Waals surface area (Å²) in [6, 6.07) is 0. The van der Waals surface area contributed by atoms with Crippen molar-refractivity contribution in [1.29, 1.82) is 0 Å². The van der Waals surface area contributed by atoms with Crippen molar-refractivity contribution in [3.05, 3.63) is 12.2 Å². The number of allylic oxidation sites excluding steroid dienone is 2. The Kier molecular flexibility index (Phi) is 8.95. The van der Waals surface area contributed by atoms with Gasteiger partial charge in [0.15, 0.2) is 0 Å². The van der Waals surface area contributed by atoms with Gasteiger partial charge in [-0.1, -0.05) is 46.8 Å². The first kappa shape index (κ1) is 31.9. The molecule has 4 saturated carbocycles. The average molecular weight is 585 g/mol. The van der Waals surface area contributed by atoms with Crippen LogP contribution in [-0.2, 0) is 14.9 Å². The summed E-state index contributed by atoms with van der Waals surface area (Å²) in [7, 11) is -4.38. The van der Waals surface area contributed by atoms with Crippen molar-refractivity contribution in [2.45, 2.75) is 103 Å². The lowest BCUT2D eigenvalue weighted by atomic mass is 9.42. The molecule has 0 saturated heterocycles. The van der Waals surface area contributed by atoms with Gasteiger partial charge in [-0.3, -0.25) is 4.79 Å². The molecule has 13 atom stereocenters. The van der Waals surface area contributed by atoms with Crippen molar-refractivity contribution in [3.8, 4) is 0 Å². The Morgan fingerprint density at radius 3 is 2.40 bits per heavy atom. The summed E-state index contributed by atoms with van der Waals surface area (Å²) < 4.78 is 32.4. The highest BCUT2D eigenvalue weighted by molar-refractivity contribution is 7.85. The SMILES string of the molecule is C[C@H](/C=C/[C@@H](C)[C@H]1C[C@H](O)[C@H]2[C@@H]3C[C@@H](O)[C@@]4(O)C[C@@H](O)CC[C@]4(C)[C@H]3CC[C@@]21C)[C@H](C)C(=O)NCCS(=O)(=O)[O-]. The van der Waals surface area contributed by atoms with Crippen LogP contribution >= 0.6 is 0 Å². The van der Waals surface area contributed by atoms with Gasteiger partial charge in [-0.2, -0.15) is 0 Å². The highest BCUT2D eigenvalue weighted by atomic mass is 32.2. The van der Waals surface area contributed by atoms with Gasteiger partial charge in [-0.25, -0.2) is 8.42 Å². The number of aliphatic hydroxyl groups excluding tert-OH is 3. The molecule has 4 aliphatic carbocycles. The minimum Gasteiger partial charge on any atom is -0.748 e. The van der Waals surface area contributed by atoms with Crippen LogP contribution in [0.2, 0.25) is 0 Å². The maximum atomic E-state index is 12.5. The Hall–Kier alpha value is -1.04. The first-order valence-corrected chi connectivity index (χ1v) is 16.7. The van der Waals surface area contributed by atoms with Gasteiger partial charge < -0.3 is 30.3 Å². The number of carbonyl (C=O) groups is 1. The molecule has 0 unspecified atom stereocenters. The van der Waals surface area contributed by atoms with Crippen LogP contribution < -0.4 is 5.32 Å².